The van der Waals surface area contributed by atoms with Gasteiger partial charge in [-0.2, -0.15) is 0 Å². The van der Waals surface area contributed by atoms with E-state index in [4.69, 9.17) is 4.74 Å². The average Bonchev–Trinajstić information content (AvgIpc) is 2.61. The Bertz CT molecular complexity index is 286. The Kier molecular flexibility index (Phi) is 4.99. The van der Waals surface area contributed by atoms with Gasteiger partial charge >= 0.3 is 6.09 Å². The molecule has 0 bridgehead atoms. The molecule has 1 amide bonds. The molecule has 0 aromatic rings. The summed E-state index contributed by atoms with van der Waals surface area (Å²) in [5, 5.41) is 12.8. The SMILES string of the molecule is CC(C)C(O)N1CC[C@H](NC(=O)OC(C)(C)C)C1. The Morgan fingerprint density at radius 1 is 1.44 bits per heavy atom. The summed E-state index contributed by atoms with van der Waals surface area (Å²) in [4.78, 5) is 13.6. The van der Waals surface area contributed by atoms with Crippen molar-refractivity contribution in [3.8, 4) is 0 Å². The van der Waals surface area contributed by atoms with Crippen molar-refractivity contribution in [3.05, 3.63) is 0 Å². The summed E-state index contributed by atoms with van der Waals surface area (Å²) in [5.74, 6) is 0.199. The highest BCUT2D eigenvalue weighted by molar-refractivity contribution is 5.68. The average molecular weight is 258 g/mol. The van der Waals surface area contributed by atoms with E-state index in [1.54, 1.807) is 0 Å². The minimum absolute atomic E-state index is 0.0632. The number of aliphatic hydroxyl groups excluding tert-OH is 1. The molecule has 5 heteroatoms. The minimum Gasteiger partial charge on any atom is -0.444 e. The van der Waals surface area contributed by atoms with E-state index in [9.17, 15) is 9.90 Å². The highest BCUT2D eigenvalue weighted by atomic mass is 16.6. The maximum Gasteiger partial charge on any atom is 0.407 e. The van der Waals surface area contributed by atoms with Crippen LogP contribution in [0.3, 0.4) is 0 Å². The van der Waals surface area contributed by atoms with Crippen molar-refractivity contribution >= 4 is 6.09 Å². The van der Waals surface area contributed by atoms with Crippen LogP contribution in [-0.4, -0.2) is 47.1 Å². The van der Waals surface area contributed by atoms with Gasteiger partial charge in [-0.25, -0.2) is 4.79 Å². The molecular formula is C13H26N2O3. The van der Waals surface area contributed by atoms with Gasteiger partial charge in [0.2, 0.25) is 0 Å². The molecule has 0 aromatic heterocycles. The molecule has 1 unspecified atom stereocenters. The van der Waals surface area contributed by atoms with Crippen LogP contribution >= 0.6 is 0 Å². The number of carbonyl (C=O) groups excluding carboxylic acids is 1. The molecule has 0 aliphatic carbocycles. The van der Waals surface area contributed by atoms with Crippen LogP contribution in [0.5, 0.6) is 0 Å². The first-order valence-electron chi connectivity index (χ1n) is 6.60. The van der Waals surface area contributed by atoms with Crippen molar-refractivity contribution < 1.29 is 14.6 Å². The van der Waals surface area contributed by atoms with Gasteiger partial charge in [-0.05, 0) is 33.1 Å². The quantitative estimate of drug-likeness (QED) is 0.806. The second-order valence-electron chi connectivity index (χ2n) is 6.28. The smallest absolute Gasteiger partial charge is 0.407 e. The lowest BCUT2D eigenvalue weighted by atomic mass is 10.2. The molecule has 0 saturated carbocycles. The van der Waals surface area contributed by atoms with Crippen molar-refractivity contribution in [1.82, 2.24) is 10.2 Å². The van der Waals surface area contributed by atoms with Crippen LogP contribution in [0.1, 0.15) is 41.0 Å². The van der Waals surface area contributed by atoms with E-state index >= 15 is 0 Å². The van der Waals surface area contributed by atoms with Gasteiger partial charge in [0.25, 0.3) is 0 Å². The molecule has 0 spiro atoms. The fourth-order valence-corrected chi connectivity index (χ4v) is 2.04. The van der Waals surface area contributed by atoms with Gasteiger partial charge in [0.1, 0.15) is 11.8 Å². The lowest BCUT2D eigenvalue weighted by Crippen LogP contribution is -2.43. The van der Waals surface area contributed by atoms with E-state index < -0.39 is 11.8 Å². The van der Waals surface area contributed by atoms with Crippen LogP contribution in [0.25, 0.3) is 0 Å². The zero-order valence-corrected chi connectivity index (χ0v) is 12.1. The highest BCUT2D eigenvalue weighted by Gasteiger charge is 2.30. The van der Waals surface area contributed by atoms with Gasteiger partial charge in [-0.3, -0.25) is 4.90 Å². The van der Waals surface area contributed by atoms with Crippen LogP contribution in [0.2, 0.25) is 0 Å². The second-order valence-corrected chi connectivity index (χ2v) is 6.28. The third-order valence-electron chi connectivity index (χ3n) is 2.91. The Labute approximate surface area is 109 Å². The predicted molar refractivity (Wildman–Crippen MR) is 70.2 cm³/mol. The predicted octanol–water partition coefficient (Wildman–Crippen LogP) is 1.56. The van der Waals surface area contributed by atoms with Crippen LogP contribution in [0, 0.1) is 5.92 Å². The molecule has 2 atom stereocenters. The van der Waals surface area contributed by atoms with Crippen LogP contribution < -0.4 is 5.32 Å². The van der Waals surface area contributed by atoms with Crippen LogP contribution in [0.4, 0.5) is 4.79 Å². The van der Waals surface area contributed by atoms with Gasteiger partial charge in [-0.1, -0.05) is 13.8 Å². The zero-order valence-electron chi connectivity index (χ0n) is 12.1. The maximum atomic E-state index is 11.6. The molecule has 1 aliphatic rings. The first kappa shape index (κ1) is 15.2. The van der Waals surface area contributed by atoms with Crippen molar-refractivity contribution in [3.63, 3.8) is 0 Å². The Morgan fingerprint density at radius 2 is 2.06 bits per heavy atom. The lowest BCUT2D eigenvalue weighted by Gasteiger charge is -2.26. The number of nitrogens with zero attached hydrogens (tertiary/aromatic N) is 1. The molecule has 18 heavy (non-hydrogen) atoms. The number of amides is 1. The number of aliphatic hydroxyl groups is 1. The Morgan fingerprint density at radius 3 is 2.56 bits per heavy atom. The molecule has 1 saturated heterocycles. The van der Waals surface area contributed by atoms with E-state index in [1.165, 1.54) is 0 Å². The minimum atomic E-state index is -0.472. The summed E-state index contributed by atoms with van der Waals surface area (Å²) in [6, 6.07) is 0.0632. The summed E-state index contributed by atoms with van der Waals surface area (Å²) in [7, 11) is 0. The number of likely N-dealkylation sites (tertiary alicyclic amines) is 1. The summed E-state index contributed by atoms with van der Waals surface area (Å²) < 4.78 is 5.21. The molecule has 106 valence electrons. The van der Waals surface area contributed by atoms with E-state index in [-0.39, 0.29) is 18.1 Å². The van der Waals surface area contributed by atoms with Gasteiger partial charge in [0.15, 0.2) is 0 Å². The molecule has 1 aliphatic heterocycles. The molecular weight excluding hydrogens is 232 g/mol. The topological polar surface area (TPSA) is 61.8 Å². The second kappa shape index (κ2) is 5.89. The first-order chi connectivity index (χ1) is 8.19. The number of hydrogen-bond donors (Lipinski definition) is 2. The monoisotopic (exact) mass is 258 g/mol. The molecule has 0 aromatic carbocycles. The summed E-state index contributed by atoms with van der Waals surface area (Å²) in [6.07, 6.45) is 0.0343. The lowest BCUT2D eigenvalue weighted by molar-refractivity contribution is -0.0167. The summed E-state index contributed by atoms with van der Waals surface area (Å²) in [5.41, 5.74) is -0.472. The zero-order chi connectivity index (χ0) is 13.9. The fourth-order valence-electron chi connectivity index (χ4n) is 2.04. The standard InChI is InChI=1S/C13H26N2O3/c1-9(2)11(16)15-7-6-10(8-15)14-12(17)18-13(3,4)5/h9-11,16H,6-8H2,1-5H3,(H,14,17)/t10-,11?/m0/s1. The van der Waals surface area contributed by atoms with E-state index in [0.29, 0.717) is 6.54 Å². The van der Waals surface area contributed by atoms with Crippen molar-refractivity contribution in [2.45, 2.75) is 58.9 Å². The molecule has 1 heterocycles. The Balaban J connectivity index is 2.37. The first-order valence-corrected chi connectivity index (χ1v) is 6.60. The van der Waals surface area contributed by atoms with Crippen LogP contribution in [0.15, 0.2) is 0 Å². The van der Waals surface area contributed by atoms with Gasteiger partial charge in [0.05, 0.1) is 0 Å². The normalized spacial score (nSPS) is 23.2. The maximum absolute atomic E-state index is 11.6. The molecule has 2 N–H and O–H groups in total. The van der Waals surface area contributed by atoms with E-state index in [2.05, 4.69) is 5.32 Å². The summed E-state index contributed by atoms with van der Waals surface area (Å²) in [6.45, 7) is 11.0. The molecule has 1 fully saturated rings. The van der Waals surface area contributed by atoms with Crippen molar-refractivity contribution in [2.24, 2.45) is 5.92 Å². The number of ether oxygens (including phenoxy) is 1. The Hall–Kier alpha value is -0.810. The fraction of sp³-hybridized carbons (Fsp3) is 0.923. The number of rotatable bonds is 3. The number of alkyl carbamates (subject to hydrolysis) is 1. The van der Waals surface area contributed by atoms with E-state index in [0.717, 1.165) is 13.0 Å². The number of hydrogen-bond acceptors (Lipinski definition) is 4. The third kappa shape index (κ3) is 4.82. The number of nitrogens with one attached hydrogen (secondary N) is 1. The highest BCUT2D eigenvalue weighted by Crippen LogP contribution is 2.16. The van der Waals surface area contributed by atoms with Gasteiger partial charge in [-0.15, -0.1) is 0 Å². The largest absolute Gasteiger partial charge is 0.444 e. The van der Waals surface area contributed by atoms with Crippen molar-refractivity contribution in [1.29, 1.82) is 0 Å². The van der Waals surface area contributed by atoms with Gasteiger partial charge in [0, 0.05) is 19.1 Å². The number of carbonyl (C=O) groups is 1. The van der Waals surface area contributed by atoms with Gasteiger partial charge < -0.3 is 15.2 Å². The third-order valence-corrected chi connectivity index (χ3v) is 2.91. The molecule has 0 radical (unpaired) electrons. The summed E-state index contributed by atoms with van der Waals surface area (Å²) >= 11 is 0. The van der Waals surface area contributed by atoms with Crippen LogP contribution in [-0.2, 0) is 4.74 Å². The van der Waals surface area contributed by atoms with E-state index in [1.807, 2.05) is 39.5 Å². The molecule has 1 rings (SSSR count). The molecule has 5 nitrogen and oxygen atoms in total. The van der Waals surface area contributed by atoms with Crippen molar-refractivity contribution in [2.75, 3.05) is 13.1 Å².